The zero-order valence-electron chi connectivity index (χ0n) is 25.7. The fraction of sp³-hybridized carbons (Fsp3) is 0.353. The second-order valence-corrected chi connectivity index (χ2v) is 12.7. The Morgan fingerprint density at radius 3 is 1.98 bits per heavy atom. The number of allylic oxidation sites excluding steroid dienone is 1. The Kier molecular flexibility index (Phi) is 11.7. The van der Waals surface area contributed by atoms with Crippen molar-refractivity contribution < 1.29 is 27.5 Å². The first kappa shape index (κ1) is 33.6. The molecule has 1 N–H and O–H groups in total. The molecule has 230 valence electrons. The third kappa shape index (κ3) is 9.02. The zero-order chi connectivity index (χ0) is 31.6. The molecule has 0 radical (unpaired) electrons. The Morgan fingerprint density at radius 1 is 0.884 bits per heavy atom. The van der Waals surface area contributed by atoms with Gasteiger partial charge in [0.05, 0.1) is 4.90 Å². The summed E-state index contributed by atoms with van der Waals surface area (Å²) >= 11 is 0. The number of nitrogens with zero attached hydrogens (tertiary/aromatic N) is 1. The minimum absolute atomic E-state index is 0.0351. The topological polar surface area (TPSA) is 102 Å². The van der Waals surface area contributed by atoms with E-state index in [1.165, 1.54) is 12.1 Å². The molecule has 0 unspecified atom stereocenters. The van der Waals surface area contributed by atoms with Crippen LogP contribution in [0.5, 0.6) is 0 Å². The smallest absolute Gasteiger partial charge is 0.411 e. The Morgan fingerprint density at radius 2 is 1.44 bits per heavy atom. The minimum atomic E-state index is -4.06. The highest BCUT2D eigenvalue weighted by molar-refractivity contribution is 7.89. The minimum Gasteiger partial charge on any atom is -0.459 e. The van der Waals surface area contributed by atoms with Crippen molar-refractivity contribution in [3.8, 4) is 0 Å². The van der Waals surface area contributed by atoms with Crippen LogP contribution in [0.15, 0.2) is 102 Å². The Labute approximate surface area is 255 Å². The number of sulfonamides is 1. The normalized spacial score (nSPS) is 14.0. The first-order valence-corrected chi connectivity index (χ1v) is 15.9. The summed E-state index contributed by atoms with van der Waals surface area (Å²) in [4.78, 5) is 28.9. The molecular weight excluding hydrogens is 564 g/mol. The lowest BCUT2D eigenvalue weighted by molar-refractivity contribution is -0.152. The zero-order valence-corrected chi connectivity index (χ0v) is 26.5. The molecule has 3 aromatic rings. The van der Waals surface area contributed by atoms with Gasteiger partial charge >= 0.3 is 12.1 Å². The molecule has 0 heterocycles. The van der Waals surface area contributed by atoms with Crippen LogP contribution in [-0.2, 0) is 36.3 Å². The lowest BCUT2D eigenvalue weighted by Gasteiger charge is -2.36. The van der Waals surface area contributed by atoms with Gasteiger partial charge in [0, 0.05) is 17.6 Å². The van der Waals surface area contributed by atoms with Gasteiger partial charge in [-0.1, -0.05) is 84.4 Å². The molecule has 0 aliphatic rings. The number of carbonyl (C=O) groups excluding carboxylic acids is 2. The van der Waals surface area contributed by atoms with Crippen LogP contribution in [0, 0.1) is 6.92 Å². The number of aryl methyl sites for hydroxylation is 1. The van der Waals surface area contributed by atoms with Crippen LogP contribution in [0.1, 0.15) is 51.3 Å². The maximum Gasteiger partial charge on any atom is 0.411 e. The molecule has 3 aromatic carbocycles. The molecule has 0 saturated heterocycles. The molecule has 43 heavy (non-hydrogen) atoms. The summed E-state index contributed by atoms with van der Waals surface area (Å²) in [6.07, 6.45) is 2.89. The van der Waals surface area contributed by atoms with E-state index in [-0.39, 0.29) is 30.0 Å². The van der Waals surface area contributed by atoms with Crippen molar-refractivity contribution in [3.05, 3.63) is 114 Å². The van der Waals surface area contributed by atoms with Gasteiger partial charge in [-0.2, -0.15) is 4.72 Å². The highest BCUT2D eigenvalue weighted by Gasteiger charge is 2.39. The molecule has 9 heteroatoms. The monoisotopic (exact) mass is 606 g/mol. The maximum absolute atomic E-state index is 13.7. The van der Waals surface area contributed by atoms with Gasteiger partial charge in [-0.3, -0.25) is 4.79 Å². The molecule has 0 aliphatic heterocycles. The van der Waals surface area contributed by atoms with Crippen LogP contribution in [0.25, 0.3) is 0 Å². The summed E-state index contributed by atoms with van der Waals surface area (Å²) < 4.78 is 41.2. The molecule has 1 amide bonds. The lowest BCUT2D eigenvalue weighted by Crippen LogP contribution is -2.48. The van der Waals surface area contributed by atoms with Gasteiger partial charge < -0.3 is 14.4 Å². The second-order valence-electron chi connectivity index (χ2n) is 11.0. The van der Waals surface area contributed by atoms with Crippen LogP contribution in [0.3, 0.4) is 0 Å². The Hall–Kier alpha value is -3.95. The molecule has 2 atom stereocenters. The van der Waals surface area contributed by atoms with Crippen molar-refractivity contribution in [3.63, 3.8) is 0 Å². The molecule has 0 aliphatic carbocycles. The van der Waals surface area contributed by atoms with Crippen molar-refractivity contribution in [2.75, 3.05) is 6.61 Å². The molecule has 0 spiro atoms. The molecule has 0 bridgehead atoms. The van der Waals surface area contributed by atoms with E-state index in [2.05, 4.69) is 4.72 Å². The number of hydrogen-bond donors (Lipinski definition) is 1. The van der Waals surface area contributed by atoms with E-state index >= 15 is 0 Å². The van der Waals surface area contributed by atoms with Crippen LogP contribution < -0.4 is 4.72 Å². The average molecular weight is 607 g/mol. The standard InChI is InChI=1S/C34H42N2O6S/c1-7-22-34(29-16-12-9-13-17-29,42-33(38)36(25(2)3)26(4)5)24-41-32(37)31(23-28-14-10-8-11-15-28)35-43(39,40)30-20-18-27(6)19-21-30/h7-22,25-26,31,35H,23-24H2,1-6H3/b22-7+/t31-,34-/m0/s1. The van der Waals surface area contributed by atoms with Gasteiger partial charge in [-0.25, -0.2) is 13.2 Å². The van der Waals surface area contributed by atoms with Gasteiger partial charge in [-0.15, -0.1) is 0 Å². The van der Waals surface area contributed by atoms with E-state index < -0.39 is 33.7 Å². The van der Waals surface area contributed by atoms with Gasteiger partial charge in [-0.05, 0) is 71.7 Å². The van der Waals surface area contributed by atoms with E-state index in [9.17, 15) is 18.0 Å². The van der Waals surface area contributed by atoms with E-state index in [1.54, 1.807) is 60.4 Å². The molecule has 0 fully saturated rings. The summed E-state index contributed by atoms with van der Waals surface area (Å²) in [7, 11) is -4.06. The van der Waals surface area contributed by atoms with Crippen molar-refractivity contribution in [1.29, 1.82) is 0 Å². The molecule has 0 aromatic heterocycles. The number of rotatable bonds is 13. The number of esters is 1. The Bertz CT molecular complexity index is 1460. The van der Waals surface area contributed by atoms with E-state index in [1.807, 2.05) is 71.0 Å². The van der Waals surface area contributed by atoms with Crippen molar-refractivity contribution in [2.45, 2.75) is 76.6 Å². The van der Waals surface area contributed by atoms with Crippen LogP contribution >= 0.6 is 0 Å². The first-order valence-electron chi connectivity index (χ1n) is 14.4. The van der Waals surface area contributed by atoms with E-state index in [0.29, 0.717) is 5.56 Å². The molecular formula is C34H42N2O6S. The van der Waals surface area contributed by atoms with E-state index in [0.717, 1.165) is 11.1 Å². The fourth-order valence-electron chi connectivity index (χ4n) is 4.84. The molecule has 8 nitrogen and oxygen atoms in total. The SMILES string of the molecule is C/C=C/[C@@](COC(=O)[C@H](Cc1ccccc1)NS(=O)(=O)c1ccc(C)cc1)(OC(=O)N(C(C)C)C(C)C)c1ccccc1. The van der Waals surface area contributed by atoms with Crippen LogP contribution in [-0.4, -0.2) is 50.1 Å². The highest BCUT2D eigenvalue weighted by atomic mass is 32.2. The predicted octanol–water partition coefficient (Wildman–Crippen LogP) is 6.15. The van der Waals surface area contributed by atoms with Gasteiger partial charge in [0.15, 0.2) is 5.60 Å². The number of benzene rings is 3. The highest BCUT2D eigenvalue weighted by Crippen LogP contribution is 2.30. The Balaban J connectivity index is 1.96. The third-order valence-corrected chi connectivity index (χ3v) is 8.40. The van der Waals surface area contributed by atoms with Gasteiger partial charge in [0.25, 0.3) is 0 Å². The summed E-state index contributed by atoms with van der Waals surface area (Å²) in [6, 6.07) is 22.9. The fourth-order valence-corrected chi connectivity index (χ4v) is 6.03. The molecule has 3 rings (SSSR count). The first-order chi connectivity index (χ1) is 20.4. The van der Waals surface area contributed by atoms with Crippen molar-refractivity contribution in [1.82, 2.24) is 9.62 Å². The largest absolute Gasteiger partial charge is 0.459 e. The molecule has 0 saturated carbocycles. The number of amides is 1. The van der Waals surface area contributed by atoms with Crippen LogP contribution in [0.4, 0.5) is 4.79 Å². The number of hydrogen-bond acceptors (Lipinski definition) is 6. The maximum atomic E-state index is 13.7. The number of nitrogens with one attached hydrogen (secondary N) is 1. The van der Waals surface area contributed by atoms with Gasteiger partial charge in [0.2, 0.25) is 10.0 Å². The predicted molar refractivity (Wildman–Crippen MR) is 168 cm³/mol. The van der Waals surface area contributed by atoms with Crippen LogP contribution in [0.2, 0.25) is 0 Å². The third-order valence-electron chi connectivity index (χ3n) is 6.92. The number of ether oxygens (including phenoxy) is 2. The second kappa shape index (κ2) is 15.0. The summed E-state index contributed by atoms with van der Waals surface area (Å²) in [6.45, 7) is 10.9. The number of carbonyl (C=O) groups is 2. The quantitative estimate of drug-likeness (QED) is 0.185. The van der Waals surface area contributed by atoms with Gasteiger partial charge in [0.1, 0.15) is 12.6 Å². The summed E-state index contributed by atoms with van der Waals surface area (Å²) in [5, 5.41) is 0. The van der Waals surface area contributed by atoms with Crippen molar-refractivity contribution in [2.24, 2.45) is 0 Å². The van der Waals surface area contributed by atoms with E-state index in [4.69, 9.17) is 9.47 Å². The summed E-state index contributed by atoms with van der Waals surface area (Å²) in [5.41, 5.74) is 0.789. The average Bonchev–Trinajstić information content (AvgIpc) is 2.96. The lowest BCUT2D eigenvalue weighted by atomic mass is 9.93. The van der Waals surface area contributed by atoms with Crippen molar-refractivity contribution >= 4 is 22.1 Å². The summed E-state index contributed by atoms with van der Waals surface area (Å²) in [5.74, 6) is -0.801.